The molecule has 0 unspecified atom stereocenters. The standard InChI is InChI=1S/C15H12N2O/c1-9-5-10(8-16)6-13-12-7-11(18-2)3-4-14(12)17-15(9)13/h3-7,17H,1-2H3. The topological polar surface area (TPSA) is 48.8 Å². The van der Waals surface area contributed by atoms with E-state index in [1.807, 2.05) is 37.3 Å². The molecule has 0 atom stereocenters. The van der Waals surface area contributed by atoms with Crippen LogP contribution in [-0.2, 0) is 0 Å². The van der Waals surface area contributed by atoms with E-state index in [1.165, 1.54) is 0 Å². The number of nitrogens with zero attached hydrogens (tertiary/aromatic N) is 1. The zero-order valence-corrected chi connectivity index (χ0v) is 10.2. The molecule has 1 heterocycles. The Morgan fingerprint density at radius 1 is 1.17 bits per heavy atom. The number of hydrogen-bond acceptors (Lipinski definition) is 2. The predicted molar refractivity (Wildman–Crippen MR) is 71.8 cm³/mol. The summed E-state index contributed by atoms with van der Waals surface area (Å²) in [5, 5.41) is 11.2. The number of aromatic nitrogens is 1. The molecule has 0 aliphatic heterocycles. The number of methoxy groups -OCH3 is 1. The van der Waals surface area contributed by atoms with Crippen molar-refractivity contribution in [2.24, 2.45) is 0 Å². The summed E-state index contributed by atoms with van der Waals surface area (Å²) in [5.74, 6) is 0.823. The summed E-state index contributed by atoms with van der Waals surface area (Å²) in [6.45, 7) is 2.01. The lowest BCUT2D eigenvalue weighted by atomic mass is 10.1. The first-order valence-corrected chi connectivity index (χ1v) is 5.73. The van der Waals surface area contributed by atoms with Gasteiger partial charge in [-0.25, -0.2) is 0 Å². The maximum atomic E-state index is 9.05. The Bertz CT molecular complexity index is 793. The van der Waals surface area contributed by atoms with Crippen LogP contribution in [-0.4, -0.2) is 12.1 Å². The lowest BCUT2D eigenvalue weighted by molar-refractivity contribution is 0.415. The van der Waals surface area contributed by atoms with E-state index >= 15 is 0 Å². The third-order valence-electron chi connectivity index (χ3n) is 3.24. The van der Waals surface area contributed by atoms with Gasteiger partial charge in [0.15, 0.2) is 0 Å². The van der Waals surface area contributed by atoms with E-state index in [2.05, 4.69) is 11.1 Å². The molecule has 0 spiro atoms. The minimum Gasteiger partial charge on any atom is -0.497 e. The molecule has 18 heavy (non-hydrogen) atoms. The van der Waals surface area contributed by atoms with E-state index in [4.69, 9.17) is 10.00 Å². The van der Waals surface area contributed by atoms with Crippen LogP contribution in [0, 0.1) is 18.3 Å². The summed E-state index contributed by atoms with van der Waals surface area (Å²) in [5.41, 5.74) is 3.91. The summed E-state index contributed by atoms with van der Waals surface area (Å²) < 4.78 is 5.25. The van der Waals surface area contributed by atoms with Gasteiger partial charge in [0.25, 0.3) is 0 Å². The molecule has 0 bridgehead atoms. The van der Waals surface area contributed by atoms with E-state index < -0.39 is 0 Å². The highest BCUT2D eigenvalue weighted by Crippen LogP contribution is 2.31. The van der Waals surface area contributed by atoms with E-state index in [-0.39, 0.29) is 0 Å². The number of H-pyrrole nitrogens is 1. The Morgan fingerprint density at radius 2 is 2.00 bits per heavy atom. The van der Waals surface area contributed by atoms with E-state index in [0.717, 1.165) is 33.1 Å². The number of aryl methyl sites for hydroxylation is 1. The van der Waals surface area contributed by atoms with Crippen molar-refractivity contribution in [2.45, 2.75) is 6.92 Å². The van der Waals surface area contributed by atoms with Crippen molar-refractivity contribution in [3.63, 3.8) is 0 Å². The van der Waals surface area contributed by atoms with Gasteiger partial charge in [-0.15, -0.1) is 0 Å². The van der Waals surface area contributed by atoms with Crippen LogP contribution in [0.15, 0.2) is 30.3 Å². The predicted octanol–water partition coefficient (Wildman–Crippen LogP) is 3.51. The number of nitrogens with one attached hydrogen (secondary N) is 1. The first-order valence-electron chi connectivity index (χ1n) is 5.73. The van der Waals surface area contributed by atoms with Crippen LogP contribution in [0.1, 0.15) is 11.1 Å². The van der Waals surface area contributed by atoms with Crippen LogP contribution >= 0.6 is 0 Å². The number of ether oxygens (including phenoxy) is 1. The molecule has 0 aliphatic carbocycles. The molecule has 2 aromatic carbocycles. The fourth-order valence-electron chi connectivity index (χ4n) is 2.35. The fourth-order valence-corrected chi connectivity index (χ4v) is 2.35. The molecule has 0 saturated carbocycles. The Kier molecular flexibility index (Phi) is 2.24. The fraction of sp³-hybridized carbons (Fsp3) is 0.133. The highest BCUT2D eigenvalue weighted by molar-refractivity contribution is 6.09. The maximum absolute atomic E-state index is 9.05. The Morgan fingerprint density at radius 3 is 2.72 bits per heavy atom. The number of fused-ring (bicyclic) bond motifs is 3. The normalized spacial score (nSPS) is 10.7. The molecule has 0 saturated heterocycles. The minimum atomic E-state index is 0.684. The minimum absolute atomic E-state index is 0.684. The summed E-state index contributed by atoms with van der Waals surface area (Å²) in [4.78, 5) is 3.38. The summed E-state index contributed by atoms with van der Waals surface area (Å²) in [6, 6.07) is 11.9. The highest BCUT2D eigenvalue weighted by Gasteiger charge is 2.08. The molecule has 3 heteroatoms. The van der Waals surface area contributed by atoms with Gasteiger partial charge in [0.05, 0.1) is 18.7 Å². The molecule has 3 aromatic rings. The number of benzene rings is 2. The third-order valence-corrected chi connectivity index (χ3v) is 3.24. The van der Waals surface area contributed by atoms with Gasteiger partial charge >= 0.3 is 0 Å². The quantitative estimate of drug-likeness (QED) is 0.702. The molecule has 0 radical (unpaired) electrons. The van der Waals surface area contributed by atoms with Gasteiger partial charge in [-0.2, -0.15) is 5.26 Å². The molecule has 0 fully saturated rings. The number of rotatable bonds is 1. The second kappa shape index (κ2) is 3.78. The van der Waals surface area contributed by atoms with Gasteiger partial charge in [0.2, 0.25) is 0 Å². The summed E-state index contributed by atoms with van der Waals surface area (Å²) >= 11 is 0. The molecule has 0 aliphatic rings. The molecule has 0 amide bonds. The molecular formula is C15H12N2O. The molecule has 3 nitrogen and oxygen atoms in total. The van der Waals surface area contributed by atoms with Crippen molar-refractivity contribution in [3.05, 3.63) is 41.5 Å². The zero-order valence-electron chi connectivity index (χ0n) is 10.2. The maximum Gasteiger partial charge on any atom is 0.119 e. The van der Waals surface area contributed by atoms with Gasteiger partial charge in [-0.1, -0.05) is 0 Å². The monoisotopic (exact) mass is 236 g/mol. The van der Waals surface area contributed by atoms with Gasteiger partial charge in [0.1, 0.15) is 5.75 Å². The second-order valence-corrected chi connectivity index (χ2v) is 4.36. The van der Waals surface area contributed by atoms with Crippen LogP contribution in [0.2, 0.25) is 0 Å². The van der Waals surface area contributed by atoms with Gasteiger partial charge in [0, 0.05) is 21.8 Å². The van der Waals surface area contributed by atoms with Gasteiger partial charge in [-0.3, -0.25) is 0 Å². The van der Waals surface area contributed by atoms with Crippen molar-refractivity contribution in [2.75, 3.05) is 7.11 Å². The number of hydrogen-bond donors (Lipinski definition) is 1. The smallest absolute Gasteiger partial charge is 0.119 e. The first-order chi connectivity index (χ1) is 8.72. The average molecular weight is 236 g/mol. The van der Waals surface area contributed by atoms with Crippen molar-refractivity contribution < 1.29 is 4.74 Å². The van der Waals surface area contributed by atoms with E-state index in [0.29, 0.717) is 5.56 Å². The van der Waals surface area contributed by atoms with Crippen molar-refractivity contribution >= 4 is 21.8 Å². The Balaban J connectivity index is 2.47. The van der Waals surface area contributed by atoms with Crippen molar-refractivity contribution in [1.29, 1.82) is 5.26 Å². The number of nitriles is 1. The third kappa shape index (κ3) is 1.43. The molecule has 1 aromatic heterocycles. The van der Waals surface area contributed by atoms with Crippen LogP contribution in [0.4, 0.5) is 0 Å². The highest BCUT2D eigenvalue weighted by atomic mass is 16.5. The molecular weight excluding hydrogens is 224 g/mol. The SMILES string of the molecule is COc1ccc2[nH]c3c(C)cc(C#N)cc3c2c1. The van der Waals surface area contributed by atoms with Gasteiger partial charge < -0.3 is 9.72 Å². The number of aromatic amines is 1. The van der Waals surface area contributed by atoms with Crippen molar-refractivity contribution in [3.8, 4) is 11.8 Å². The summed E-state index contributed by atoms with van der Waals surface area (Å²) in [6.07, 6.45) is 0. The van der Waals surface area contributed by atoms with Crippen LogP contribution in [0.5, 0.6) is 5.75 Å². The van der Waals surface area contributed by atoms with E-state index in [1.54, 1.807) is 7.11 Å². The largest absolute Gasteiger partial charge is 0.497 e. The van der Waals surface area contributed by atoms with Crippen molar-refractivity contribution in [1.82, 2.24) is 4.98 Å². The van der Waals surface area contributed by atoms with Crippen LogP contribution in [0.25, 0.3) is 21.8 Å². The summed E-state index contributed by atoms with van der Waals surface area (Å²) in [7, 11) is 1.65. The van der Waals surface area contributed by atoms with Crippen LogP contribution in [0.3, 0.4) is 0 Å². The zero-order chi connectivity index (χ0) is 12.7. The average Bonchev–Trinajstić information content (AvgIpc) is 2.77. The Hall–Kier alpha value is -2.47. The Labute approximate surface area is 105 Å². The van der Waals surface area contributed by atoms with Gasteiger partial charge in [-0.05, 0) is 42.8 Å². The first kappa shape index (κ1) is 10.7. The second-order valence-electron chi connectivity index (χ2n) is 4.36. The van der Waals surface area contributed by atoms with Crippen LogP contribution < -0.4 is 4.74 Å². The lowest BCUT2D eigenvalue weighted by Crippen LogP contribution is -1.81. The molecule has 1 N–H and O–H groups in total. The molecule has 88 valence electrons. The lowest BCUT2D eigenvalue weighted by Gasteiger charge is -1.99. The molecule has 3 rings (SSSR count). The van der Waals surface area contributed by atoms with E-state index in [9.17, 15) is 0 Å².